The molecule has 1 aliphatic heterocycles. The summed E-state index contributed by atoms with van der Waals surface area (Å²) < 4.78 is 154. The molecule has 0 radical (unpaired) electrons. The summed E-state index contributed by atoms with van der Waals surface area (Å²) in [7, 11) is 0. The summed E-state index contributed by atoms with van der Waals surface area (Å²) in [5, 5.41) is 0. The molecule has 1 fully saturated rings. The average Bonchev–Trinajstić information content (AvgIpc) is 2.25. The Morgan fingerprint density at radius 3 is 0.692 bits per heavy atom. The molecule has 0 aromatic carbocycles. The van der Waals surface area contributed by atoms with E-state index in [-0.39, 0.29) is 0 Å². The van der Waals surface area contributed by atoms with Gasteiger partial charge < -0.3 is 9.47 Å². The Morgan fingerprint density at radius 1 is 0.423 bits per heavy atom. The zero-order valence-corrected chi connectivity index (χ0v) is 13.9. The van der Waals surface area contributed by atoms with E-state index in [0.717, 1.165) is 0 Å². The fourth-order valence-corrected chi connectivity index (χ4v) is 2.62. The monoisotopic (exact) mass is 496 g/mol. The van der Waals surface area contributed by atoms with Crippen molar-refractivity contribution in [1.29, 1.82) is 0 Å². The molecule has 2 nitrogen and oxygen atoms in total. The van der Waals surface area contributed by atoms with Crippen molar-refractivity contribution in [2.24, 2.45) is 0 Å². The first-order chi connectivity index (χ1) is 10.9. The van der Waals surface area contributed by atoms with Crippen LogP contribution in [0.15, 0.2) is 0 Å². The van der Waals surface area contributed by atoms with Crippen LogP contribution in [-0.4, -0.2) is 44.9 Å². The van der Waals surface area contributed by atoms with Crippen LogP contribution >= 0.6 is 46.4 Å². The zero-order chi connectivity index (χ0) is 21.4. The molecule has 0 aromatic heterocycles. The fraction of sp³-hybridized carbons (Fsp3) is 1.00. The highest BCUT2D eigenvalue weighted by atomic mass is 35.5. The summed E-state index contributed by atoms with van der Waals surface area (Å²) in [4.78, 5) is 0. The maximum absolute atomic E-state index is 13.1. The first kappa shape index (κ1) is 24.3. The molecule has 0 atom stereocenters. The van der Waals surface area contributed by atoms with Gasteiger partial charge in [0, 0.05) is 0 Å². The van der Waals surface area contributed by atoms with Gasteiger partial charge in [-0.2, -0.15) is 52.7 Å². The van der Waals surface area contributed by atoms with Gasteiger partial charge in [-0.05, 0) is 0 Å². The van der Waals surface area contributed by atoms with E-state index in [1.54, 1.807) is 0 Å². The molecular formula is C8Cl4F12O2. The quantitative estimate of drug-likeness (QED) is 0.301. The number of ether oxygens (including phenoxy) is 2. The number of hydrogen-bond acceptors (Lipinski definition) is 2. The first-order valence-electron chi connectivity index (χ1n) is 5.34. The molecule has 0 aromatic rings. The van der Waals surface area contributed by atoms with Crippen molar-refractivity contribution in [1.82, 2.24) is 0 Å². The van der Waals surface area contributed by atoms with Crippen LogP contribution in [0.4, 0.5) is 52.7 Å². The second-order valence-corrected chi connectivity index (χ2v) is 7.11. The molecule has 1 saturated heterocycles. The predicted molar refractivity (Wildman–Crippen MR) is 60.7 cm³/mol. The molecule has 0 aliphatic carbocycles. The molecule has 18 heteroatoms. The predicted octanol–water partition coefficient (Wildman–Crippen LogP) is 6.02. The second kappa shape index (κ2) is 5.88. The Labute approximate surface area is 154 Å². The lowest BCUT2D eigenvalue weighted by molar-refractivity contribution is -0.540. The van der Waals surface area contributed by atoms with Crippen LogP contribution in [-0.2, 0) is 9.47 Å². The minimum atomic E-state index is -7.48. The zero-order valence-electron chi connectivity index (χ0n) is 10.9. The molecule has 26 heavy (non-hydrogen) atoms. The molecule has 0 unspecified atom stereocenters. The minimum absolute atomic E-state index is 2.93. The van der Waals surface area contributed by atoms with Gasteiger partial charge in [0.25, 0.3) is 9.04 Å². The van der Waals surface area contributed by atoms with E-state index in [1.807, 2.05) is 0 Å². The van der Waals surface area contributed by atoms with Gasteiger partial charge in [-0.3, -0.25) is 0 Å². The third-order valence-electron chi connectivity index (χ3n) is 2.99. The highest BCUT2D eigenvalue weighted by Crippen LogP contribution is 2.70. The molecule has 1 rings (SSSR count). The average molecular weight is 498 g/mol. The number of hydrogen-bond donors (Lipinski definition) is 0. The van der Waals surface area contributed by atoms with E-state index in [9.17, 15) is 52.7 Å². The van der Waals surface area contributed by atoms with Crippen molar-refractivity contribution in [2.45, 2.75) is 44.9 Å². The summed E-state index contributed by atoms with van der Waals surface area (Å²) in [5.74, 6) is 0. The molecule has 0 bridgehead atoms. The summed E-state index contributed by atoms with van der Waals surface area (Å²) in [6, 6.07) is 0. The molecule has 1 heterocycles. The first-order valence-corrected chi connectivity index (χ1v) is 6.85. The Morgan fingerprint density at radius 2 is 0.577 bits per heavy atom. The lowest BCUT2D eigenvalue weighted by atomic mass is 9.78. The second-order valence-electron chi connectivity index (χ2n) is 4.59. The Hall–Kier alpha value is 0.240. The molecule has 156 valence electrons. The van der Waals surface area contributed by atoms with E-state index in [0.29, 0.717) is 0 Å². The standard InChI is InChI=1S/C8Cl4F12O2/c9-3(10)4(11,12)26-2(7(19,20)21,8(22,23)24)1(25-3,5(13,14)15)6(16,17)18. The number of halogens is 16. The maximum atomic E-state index is 13.1. The van der Waals surface area contributed by atoms with Crippen LogP contribution in [0.3, 0.4) is 0 Å². The van der Waals surface area contributed by atoms with E-state index in [2.05, 4.69) is 9.47 Å². The van der Waals surface area contributed by atoms with Crippen molar-refractivity contribution in [3.8, 4) is 0 Å². The van der Waals surface area contributed by atoms with E-state index in [1.165, 1.54) is 0 Å². The highest BCUT2D eigenvalue weighted by Gasteiger charge is 3.00. The Kier molecular flexibility index (Phi) is 5.49. The van der Waals surface area contributed by atoms with Crippen molar-refractivity contribution >= 4 is 46.4 Å². The molecule has 1 aliphatic rings. The van der Waals surface area contributed by atoms with Crippen LogP contribution < -0.4 is 0 Å². The SMILES string of the molecule is FC(F)(F)C1(C(F)(F)F)OC(Cl)(Cl)C(Cl)(Cl)OC1(C(F)(F)F)C(F)(F)F. The van der Waals surface area contributed by atoms with Gasteiger partial charge in [-0.15, -0.1) is 0 Å². The summed E-state index contributed by atoms with van der Waals surface area (Å²) in [6.07, 6.45) is -29.9. The lowest BCUT2D eigenvalue weighted by Gasteiger charge is -2.58. The number of alkyl halides is 16. The maximum Gasteiger partial charge on any atom is 0.430 e. The normalized spacial score (nSPS) is 25.8. The minimum Gasteiger partial charge on any atom is -0.314 e. The van der Waals surface area contributed by atoms with Gasteiger partial charge in [-0.1, -0.05) is 46.4 Å². The van der Waals surface area contributed by atoms with E-state index in [4.69, 9.17) is 46.4 Å². The van der Waals surface area contributed by atoms with Gasteiger partial charge in [0.15, 0.2) is 0 Å². The highest BCUT2D eigenvalue weighted by molar-refractivity contribution is 6.61. The van der Waals surface area contributed by atoms with E-state index < -0.39 is 44.9 Å². The largest absolute Gasteiger partial charge is 0.430 e. The Balaban J connectivity index is 4.21. The Bertz CT molecular complexity index is 482. The van der Waals surface area contributed by atoms with Gasteiger partial charge in [0.05, 0.1) is 0 Å². The third kappa shape index (κ3) is 2.98. The van der Waals surface area contributed by atoms with Crippen LogP contribution in [0.5, 0.6) is 0 Å². The van der Waals surface area contributed by atoms with Gasteiger partial charge >= 0.3 is 35.9 Å². The van der Waals surface area contributed by atoms with Crippen molar-refractivity contribution < 1.29 is 62.2 Å². The van der Waals surface area contributed by atoms with Crippen LogP contribution in [0.2, 0.25) is 0 Å². The topological polar surface area (TPSA) is 18.5 Å². The van der Waals surface area contributed by atoms with Crippen LogP contribution in [0, 0.1) is 0 Å². The van der Waals surface area contributed by atoms with Crippen molar-refractivity contribution in [3.63, 3.8) is 0 Å². The van der Waals surface area contributed by atoms with Crippen LogP contribution in [0.25, 0.3) is 0 Å². The molecule has 0 amide bonds. The third-order valence-corrected chi connectivity index (χ3v) is 4.75. The van der Waals surface area contributed by atoms with Gasteiger partial charge in [0.1, 0.15) is 0 Å². The lowest BCUT2D eigenvalue weighted by Crippen LogP contribution is -2.87. The van der Waals surface area contributed by atoms with Gasteiger partial charge in [-0.25, -0.2) is 0 Å². The number of rotatable bonds is 0. The molecular weight excluding hydrogens is 498 g/mol. The van der Waals surface area contributed by atoms with Crippen molar-refractivity contribution in [3.05, 3.63) is 0 Å². The van der Waals surface area contributed by atoms with Gasteiger partial charge in [0.2, 0.25) is 0 Å². The summed E-state index contributed by atoms with van der Waals surface area (Å²) in [5.41, 5.74) is -14.4. The fourth-order valence-electron chi connectivity index (χ4n) is 2.00. The molecule has 0 saturated carbocycles. The summed E-state index contributed by atoms with van der Waals surface area (Å²) in [6.45, 7) is 0. The van der Waals surface area contributed by atoms with Crippen molar-refractivity contribution in [2.75, 3.05) is 0 Å². The molecule has 0 spiro atoms. The van der Waals surface area contributed by atoms with Crippen LogP contribution in [0.1, 0.15) is 0 Å². The summed E-state index contributed by atoms with van der Waals surface area (Å²) >= 11 is 19.2. The smallest absolute Gasteiger partial charge is 0.314 e. The van der Waals surface area contributed by atoms with E-state index >= 15 is 0 Å². The molecule has 0 N–H and O–H groups in total.